The van der Waals surface area contributed by atoms with Crippen LogP contribution in [0.5, 0.6) is 0 Å². The first-order valence-electron chi connectivity index (χ1n) is 7.14. The molecule has 21 heavy (non-hydrogen) atoms. The zero-order valence-electron chi connectivity index (χ0n) is 12.8. The molecule has 0 saturated heterocycles. The molecule has 0 aliphatic heterocycles. The van der Waals surface area contributed by atoms with Gasteiger partial charge >= 0.3 is 0 Å². The van der Waals surface area contributed by atoms with Gasteiger partial charge in [-0.3, -0.25) is 4.79 Å². The van der Waals surface area contributed by atoms with E-state index in [1.54, 1.807) is 11.9 Å². The largest absolute Gasteiger partial charge is 0.317 e. The van der Waals surface area contributed by atoms with E-state index >= 15 is 0 Å². The number of carbonyl (C=O) groups excluding carboxylic acids is 1. The minimum atomic E-state index is 0.406. The maximum atomic E-state index is 11.1. The van der Waals surface area contributed by atoms with Gasteiger partial charge in [0.2, 0.25) is 6.41 Å². The first-order valence-corrected chi connectivity index (χ1v) is 7.14. The lowest BCUT2D eigenvalue weighted by Gasteiger charge is -2.15. The molecule has 1 atom stereocenters. The zero-order valence-corrected chi connectivity index (χ0v) is 12.8. The van der Waals surface area contributed by atoms with Crippen LogP contribution >= 0.6 is 0 Å². The number of carbonyl (C=O) groups is 1. The fourth-order valence-corrected chi connectivity index (χ4v) is 2.12. The molecule has 1 N–H and O–H groups in total. The predicted molar refractivity (Wildman–Crippen MR) is 85.3 cm³/mol. The van der Waals surface area contributed by atoms with Gasteiger partial charge in [0.1, 0.15) is 5.82 Å². The van der Waals surface area contributed by atoms with Crippen molar-refractivity contribution < 1.29 is 4.79 Å². The highest BCUT2D eigenvalue weighted by molar-refractivity contribution is 5.75. The highest BCUT2D eigenvalue weighted by Crippen LogP contribution is 2.23. The van der Waals surface area contributed by atoms with Crippen molar-refractivity contribution in [1.82, 2.24) is 15.1 Å². The highest BCUT2D eigenvalue weighted by atomic mass is 16.1. The van der Waals surface area contributed by atoms with Crippen molar-refractivity contribution in [2.45, 2.75) is 25.9 Å². The standard InChI is InChI=1S/C16H22N4O/c1-13(17-2)9-10-20-16(19(3)12-21)11-15(18-20)14-7-5-4-6-8-14/h4-8,11-13,17H,9-10H2,1-3H3. The molecule has 1 aromatic heterocycles. The molecule has 0 bridgehead atoms. The second kappa shape index (κ2) is 7.04. The summed E-state index contributed by atoms with van der Waals surface area (Å²) in [6, 6.07) is 12.4. The fourth-order valence-electron chi connectivity index (χ4n) is 2.12. The Balaban J connectivity index is 2.29. The Hall–Kier alpha value is -2.14. The molecule has 2 rings (SSSR count). The Labute approximate surface area is 125 Å². The van der Waals surface area contributed by atoms with E-state index in [2.05, 4.69) is 17.3 Å². The number of aromatic nitrogens is 2. The number of amides is 1. The molecule has 0 fully saturated rings. The molecule has 112 valence electrons. The third-order valence-electron chi connectivity index (χ3n) is 3.61. The van der Waals surface area contributed by atoms with E-state index in [1.165, 1.54) is 0 Å². The van der Waals surface area contributed by atoms with E-state index in [-0.39, 0.29) is 0 Å². The van der Waals surface area contributed by atoms with Crippen LogP contribution in [0.3, 0.4) is 0 Å². The summed E-state index contributed by atoms with van der Waals surface area (Å²) in [4.78, 5) is 12.6. The minimum absolute atomic E-state index is 0.406. The number of nitrogens with one attached hydrogen (secondary N) is 1. The van der Waals surface area contributed by atoms with Crippen LogP contribution in [0.15, 0.2) is 36.4 Å². The third-order valence-corrected chi connectivity index (χ3v) is 3.61. The van der Waals surface area contributed by atoms with Crippen LogP contribution in [0.4, 0.5) is 5.82 Å². The van der Waals surface area contributed by atoms with Crippen molar-refractivity contribution in [3.05, 3.63) is 36.4 Å². The summed E-state index contributed by atoms with van der Waals surface area (Å²) in [7, 11) is 3.69. The van der Waals surface area contributed by atoms with Crippen molar-refractivity contribution in [1.29, 1.82) is 0 Å². The Kier molecular flexibility index (Phi) is 5.11. The van der Waals surface area contributed by atoms with Gasteiger partial charge in [-0.2, -0.15) is 5.10 Å². The number of nitrogens with zero attached hydrogens (tertiary/aromatic N) is 3. The van der Waals surface area contributed by atoms with Gasteiger partial charge in [0.15, 0.2) is 0 Å². The molecule has 0 radical (unpaired) electrons. The molecule has 1 aromatic carbocycles. The molecule has 0 saturated carbocycles. The molecule has 1 amide bonds. The van der Waals surface area contributed by atoms with E-state index in [9.17, 15) is 4.79 Å². The van der Waals surface area contributed by atoms with Gasteiger partial charge in [-0.05, 0) is 20.4 Å². The fraction of sp³-hybridized carbons (Fsp3) is 0.375. The van der Waals surface area contributed by atoms with E-state index in [0.717, 1.165) is 36.5 Å². The number of aryl methyl sites for hydroxylation is 1. The maximum absolute atomic E-state index is 11.1. The van der Waals surface area contributed by atoms with Gasteiger partial charge in [-0.15, -0.1) is 0 Å². The van der Waals surface area contributed by atoms with E-state index in [0.29, 0.717) is 6.04 Å². The lowest BCUT2D eigenvalue weighted by atomic mass is 10.1. The van der Waals surface area contributed by atoms with Gasteiger partial charge in [0, 0.05) is 31.3 Å². The molecule has 0 aliphatic rings. The second-order valence-corrected chi connectivity index (χ2v) is 5.17. The average Bonchev–Trinajstić information content (AvgIpc) is 2.96. The molecular weight excluding hydrogens is 264 g/mol. The van der Waals surface area contributed by atoms with Crippen LogP contribution < -0.4 is 10.2 Å². The number of rotatable bonds is 7. The molecule has 1 unspecified atom stereocenters. The summed E-state index contributed by atoms with van der Waals surface area (Å²) in [5, 5.41) is 7.86. The topological polar surface area (TPSA) is 50.2 Å². The number of hydrogen-bond donors (Lipinski definition) is 1. The molecule has 2 aromatic rings. The van der Waals surface area contributed by atoms with Crippen molar-refractivity contribution in [2.24, 2.45) is 0 Å². The molecule has 0 spiro atoms. The lowest BCUT2D eigenvalue weighted by Crippen LogP contribution is -2.24. The van der Waals surface area contributed by atoms with Crippen LogP contribution in [0, 0.1) is 0 Å². The van der Waals surface area contributed by atoms with Gasteiger partial charge in [-0.25, -0.2) is 4.68 Å². The number of anilines is 1. The smallest absolute Gasteiger partial charge is 0.215 e. The monoisotopic (exact) mass is 286 g/mol. The predicted octanol–water partition coefficient (Wildman–Crippen LogP) is 2.14. The molecule has 0 aliphatic carbocycles. The maximum Gasteiger partial charge on any atom is 0.215 e. The number of hydrogen-bond acceptors (Lipinski definition) is 3. The minimum Gasteiger partial charge on any atom is -0.317 e. The zero-order chi connectivity index (χ0) is 15.2. The lowest BCUT2D eigenvalue weighted by molar-refractivity contribution is -0.107. The third kappa shape index (κ3) is 3.70. The van der Waals surface area contributed by atoms with Crippen molar-refractivity contribution in [2.75, 3.05) is 19.0 Å². The van der Waals surface area contributed by atoms with Crippen LogP contribution in [0.2, 0.25) is 0 Å². The quantitative estimate of drug-likeness (QED) is 0.793. The molecule has 1 heterocycles. The van der Waals surface area contributed by atoms with E-state index < -0.39 is 0 Å². The Bertz CT molecular complexity index is 579. The van der Waals surface area contributed by atoms with Crippen molar-refractivity contribution in [3.63, 3.8) is 0 Å². The van der Waals surface area contributed by atoms with Crippen molar-refractivity contribution >= 4 is 12.2 Å². The molecule has 5 heteroatoms. The summed E-state index contributed by atoms with van der Waals surface area (Å²) in [6.07, 6.45) is 1.76. The summed E-state index contributed by atoms with van der Waals surface area (Å²) in [6.45, 7) is 2.90. The van der Waals surface area contributed by atoms with Gasteiger partial charge in [0.05, 0.1) is 5.69 Å². The van der Waals surface area contributed by atoms with Crippen LogP contribution in [-0.4, -0.2) is 36.3 Å². The summed E-state index contributed by atoms with van der Waals surface area (Å²) < 4.78 is 1.89. The number of benzene rings is 1. The van der Waals surface area contributed by atoms with E-state index in [4.69, 9.17) is 0 Å². The SMILES string of the molecule is CNC(C)CCn1nc(-c2ccccc2)cc1N(C)C=O. The van der Waals surface area contributed by atoms with Crippen LogP contribution in [-0.2, 0) is 11.3 Å². The Morgan fingerprint density at radius 3 is 2.71 bits per heavy atom. The van der Waals surface area contributed by atoms with Gasteiger partial charge in [0.25, 0.3) is 0 Å². The highest BCUT2D eigenvalue weighted by Gasteiger charge is 2.13. The van der Waals surface area contributed by atoms with Gasteiger partial charge in [-0.1, -0.05) is 30.3 Å². The first kappa shape index (κ1) is 15.3. The average molecular weight is 286 g/mol. The Morgan fingerprint density at radius 1 is 1.38 bits per heavy atom. The van der Waals surface area contributed by atoms with Crippen LogP contribution in [0.1, 0.15) is 13.3 Å². The molecule has 5 nitrogen and oxygen atoms in total. The van der Waals surface area contributed by atoms with Gasteiger partial charge < -0.3 is 10.2 Å². The second-order valence-electron chi connectivity index (χ2n) is 5.17. The summed E-state index contributed by atoms with van der Waals surface area (Å²) in [5.74, 6) is 0.812. The van der Waals surface area contributed by atoms with E-state index in [1.807, 2.05) is 48.1 Å². The normalized spacial score (nSPS) is 12.1. The Morgan fingerprint density at radius 2 is 2.10 bits per heavy atom. The summed E-state index contributed by atoms with van der Waals surface area (Å²) >= 11 is 0. The van der Waals surface area contributed by atoms with Crippen LogP contribution in [0.25, 0.3) is 11.3 Å². The molecular formula is C16H22N4O. The summed E-state index contributed by atoms with van der Waals surface area (Å²) in [5.41, 5.74) is 1.94. The first-order chi connectivity index (χ1) is 10.2. The van der Waals surface area contributed by atoms with Crippen molar-refractivity contribution in [3.8, 4) is 11.3 Å².